The van der Waals surface area contributed by atoms with Crippen LogP contribution in [0.4, 0.5) is 10.5 Å². The molecular weight excluding hydrogens is 486 g/mol. The SMILES string of the molecule is CNCCCc1ccc(NC(=O)NCc2ccc3c(c2)C(=O)N(C2CCC(=O)NC2=O)C3=O)cc1Cl. The van der Waals surface area contributed by atoms with Crippen LogP contribution in [0.2, 0.25) is 5.02 Å². The van der Waals surface area contributed by atoms with Crippen LogP contribution in [0.5, 0.6) is 0 Å². The van der Waals surface area contributed by atoms with Gasteiger partial charge in [-0.05, 0) is 68.2 Å². The average molecular weight is 512 g/mol. The quantitative estimate of drug-likeness (QED) is 0.317. The Bertz CT molecular complexity index is 1250. The van der Waals surface area contributed by atoms with Crippen LogP contribution in [-0.4, -0.2) is 54.2 Å². The number of fused-ring (bicyclic) bond motifs is 1. The summed E-state index contributed by atoms with van der Waals surface area (Å²) in [4.78, 5) is 62.6. The molecule has 0 aromatic heterocycles. The van der Waals surface area contributed by atoms with E-state index in [9.17, 15) is 24.0 Å². The molecule has 2 aliphatic rings. The van der Waals surface area contributed by atoms with Gasteiger partial charge in [-0.1, -0.05) is 23.7 Å². The van der Waals surface area contributed by atoms with Crippen molar-refractivity contribution in [3.63, 3.8) is 0 Å². The summed E-state index contributed by atoms with van der Waals surface area (Å²) in [6, 6.07) is 8.54. The van der Waals surface area contributed by atoms with Gasteiger partial charge in [0.05, 0.1) is 11.1 Å². The summed E-state index contributed by atoms with van der Waals surface area (Å²) >= 11 is 6.33. The largest absolute Gasteiger partial charge is 0.334 e. The fourth-order valence-electron chi connectivity index (χ4n) is 4.27. The highest BCUT2D eigenvalue weighted by molar-refractivity contribution is 6.31. The van der Waals surface area contributed by atoms with Gasteiger partial charge in [0.1, 0.15) is 6.04 Å². The summed E-state index contributed by atoms with van der Waals surface area (Å²) in [7, 11) is 1.89. The van der Waals surface area contributed by atoms with Gasteiger partial charge in [-0.2, -0.15) is 0 Å². The van der Waals surface area contributed by atoms with Crippen molar-refractivity contribution >= 4 is 46.9 Å². The number of nitrogens with zero attached hydrogens (tertiary/aromatic N) is 1. The highest BCUT2D eigenvalue weighted by atomic mass is 35.5. The van der Waals surface area contributed by atoms with Crippen molar-refractivity contribution in [1.82, 2.24) is 20.9 Å². The van der Waals surface area contributed by atoms with Crippen molar-refractivity contribution in [1.29, 1.82) is 0 Å². The smallest absolute Gasteiger partial charge is 0.319 e. The fraction of sp³-hybridized carbons (Fsp3) is 0.320. The lowest BCUT2D eigenvalue weighted by Gasteiger charge is -2.27. The highest BCUT2D eigenvalue weighted by Crippen LogP contribution is 2.28. The molecule has 188 valence electrons. The molecule has 1 unspecified atom stereocenters. The molecule has 10 nitrogen and oxygen atoms in total. The fourth-order valence-corrected chi connectivity index (χ4v) is 4.54. The Hall–Kier alpha value is -3.76. The minimum atomic E-state index is -1.02. The van der Waals surface area contributed by atoms with E-state index in [0.29, 0.717) is 16.3 Å². The molecule has 4 N–H and O–H groups in total. The molecule has 11 heteroatoms. The van der Waals surface area contributed by atoms with Crippen molar-refractivity contribution in [3.05, 3.63) is 63.7 Å². The molecule has 0 bridgehead atoms. The number of urea groups is 1. The lowest BCUT2D eigenvalue weighted by atomic mass is 10.0. The Morgan fingerprint density at radius 2 is 1.86 bits per heavy atom. The lowest BCUT2D eigenvalue weighted by Crippen LogP contribution is -2.54. The zero-order valence-electron chi connectivity index (χ0n) is 19.7. The standard InChI is InChI=1S/C25H26ClN5O5/c1-27-10-2-3-15-5-6-16(12-19(15)26)29-25(36)28-13-14-4-7-17-18(11-14)24(35)31(23(17)34)20-8-9-21(32)30-22(20)33/h4-7,11-12,20,27H,2-3,8-10,13H2,1H3,(H2,28,29,36)(H,30,32,33). The molecule has 0 aliphatic carbocycles. The summed E-state index contributed by atoms with van der Waals surface area (Å²) in [5.74, 6) is -2.26. The summed E-state index contributed by atoms with van der Waals surface area (Å²) in [5.41, 5.74) is 2.49. The number of benzene rings is 2. The summed E-state index contributed by atoms with van der Waals surface area (Å²) < 4.78 is 0. The van der Waals surface area contributed by atoms with E-state index in [1.165, 1.54) is 12.1 Å². The highest BCUT2D eigenvalue weighted by Gasteiger charge is 2.44. The van der Waals surface area contributed by atoms with Crippen LogP contribution >= 0.6 is 11.6 Å². The number of hydrogen-bond donors (Lipinski definition) is 4. The number of hydrogen-bond acceptors (Lipinski definition) is 6. The van der Waals surface area contributed by atoms with Crippen molar-refractivity contribution in [2.75, 3.05) is 18.9 Å². The lowest BCUT2D eigenvalue weighted by molar-refractivity contribution is -0.136. The van der Waals surface area contributed by atoms with Gasteiger partial charge in [0.25, 0.3) is 11.8 Å². The molecule has 2 aromatic carbocycles. The Morgan fingerprint density at radius 1 is 1.08 bits per heavy atom. The number of amides is 6. The average Bonchev–Trinajstić information content (AvgIpc) is 3.09. The van der Waals surface area contributed by atoms with Crippen LogP contribution in [0.3, 0.4) is 0 Å². The molecule has 36 heavy (non-hydrogen) atoms. The van der Waals surface area contributed by atoms with E-state index >= 15 is 0 Å². The molecule has 6 amide bonds. The van der Waals surface area contributed by atoms with Gasteiger partial charge in [0.2, 0.25) is 11.8 Å². The number of nitrogens with one attached hydrogen (secondary N) is 4. The number of piperidine rings is 1. The molecular formula is C25H26ClN5O5. The van der Waals surface area contributed by atoms with E-state index in [2.05, 4.69) is 21.3 Å². The zero-order chi connectivity index (χ0) is 25.8. The van der Waals surface area contributed by atoms with Crippen LogP contribution in [0.1, 0.15) is 51.1 Å². The van der Waals surface area contributed by atoms with Crippen molar-refractivity contribution in [2.24, 2.45) is 0 Å². The summed E-state index contributed by atoms with van der Waals surface area (Å²) in [5, 5.41) is 11.3. The van der Waals surface area contributed by atoms with Gasteiger partial charge < -0.3 is 16.0 Å². The van der Waals surface area contributed by atoms with Crippen molar-refractivity contribution in [2.45, 2.75) is 38.3 Å². The zero-order valence-corrected chi connectivity index (χ0v) is 20.4. The number of anilines is 1. The van der Waals surface area contributed by atoms with Gasteiger partial charge in [0, 0.05) is 23.7 Å². The van der Waals surface area contributed by atoms with E-state index in [4.69, 9.17) is 11.6 Å². The van der Waals surface area contributed by atoms with Gasteiger partial charge in [-0.3, -0.25) is 29.4 Å². The van der Waals surface area contributed by atoms with Crippen molar-refractivity contribution < 1.29 is 24.0 Å². The van der Waals surface area contributed by atoms with Crippen molar-refractivity contribution in [3.8, 4) is 0 Å². The van der Waals surface area contributed by atoms with E-state index in [1.54, 1.807) is 18.2 Å². The first-order valence-electron chi connectivity index (χ1n) is 11.6. The van der Waals surface area contributed by atoms with E-state index < -0.39 is 35.7 Å². The van der Waals surface area contributed by atoms with Gasteiger partial charge in [-0.15, -0.1) is 0 Å². The normalized spacial score (nSPS) is 17.2. The third-order valence-electron chi connectivity index (χ3n) is 6.14. The Morgan fingerprint density at radius 3 is 2.58 bits per heavy atom. The van der Waals surface area contributed by atoms with E-state index in [0.717, 1.165) is 29.8 Å². The maximum atomic E-state index is 12.9. The maximum Gasteiger partial charge on any atom is 0.319 e. The predicted molar refractivity (Wildman–Crippen MR) is 133 cm³/mol. The second-order valence-electron chi connectivity index (χ2n) is 8.65. The first-order valence-corrected chi connectivity index (χ1v) is 12.0. The Kier molecular flexibility index (Phi) is 7.66. The number of carbonyl (C=O) groups is 5. The summed E-state index contributed by atoms with van der Waals surface area (Å²) in [6.07, 6.45) is 1.92. The van der Waals surface area contributed by atoms with E-state index in [1.807, 2.05) is 13.1 Å². The molecule has 0 saturated carbocycles. The van der Waals surface area contributed by atoms with Gasteiger partial charge >= 0.3 is 6.03 Å². The van der Waals surface area contributed by atoms with Crippen LogP contribution in [0.15, 0.2) is 36.4 Å². The molecule has 1 saturated heterocycles. The van der Waals surface area contributed by atoms with Gasteiger partial charge in [0.15, 0.2) is 0 Å². The molecule has 1 atom stereocenters. The van der Waals surface area contributed by atoms with E-state index in [-0.39, 0.29) is 30.5 Å². The monoisotopic (exact) mass is 511 g/mol. The van der Waals surface area contributed by atoms with Crippen LogP contribution < -0.4 is 21.3 Å². The number of halogens is 1. The third kappa shape index (κ3) is 5.39. The molecule has 2 heterocycles. The number of rotatable bonds is 8. The van der Waals surface area contributed by atoms with Crippen LogP contribution in [-0.2, 0) is 22.6 Å². The Balaban J connectivity index is 1.36. The molecule has 0 spiro atoms. The second kappa shape index (κ2) is 10.9. The minimum absolute atomic E-state index is 0.0539. The maximum absolute atomic E-state index is 12.9. The van der Waals surface area contributed by atoms with Crippen LogP contribution in [0, 0.1) is 0 Å². The first-order chi connectivity index (χ1) is 17.3. The molecule has 1 fully saturated rings. The number of aryl methyl sites for hydroxylation is 1. The molecule has 2 aromatic rings. The predicted octanol–water partition coefficient (Wildman–Crippen LogP) is 2.21. The molecule has 0 radical (unpaired) electrons. The molecule has 2 aliphatic heterocycles. The second-order valence-corrected chi connectivity index (χ2v) is 9.06. The minimum Gasteiger partial charge on any atom is -0.334 e. The third-order valence-corrected chi connectivity index (χ3v) is 6.49. The summed E-state index contributed by atoms with van der Waals surface area (Å²) in [6.45, 7) is 0.991. The molecule has 4 rings (SSSR count). The number of imide groups is 2. The topological polar surface area (TPSA) is 137 Å². The van der Waals surface area contributed by atoms with Gasteiger partial charge in [-0.25, -0.2) is 4.79 Å². The van der Waals surface area contributed by atoms with Crippen LogP contribution in [0.25, 0.3) is 0 Å². The number of carbonyl (C=O) groups excluding carboxylic acids is 5. The Labute approximate surface area is 212 Å². The first kappa shape index (κ1) is 25.3.